The minimum atomic E-state index is 0.578. The van der Waals surface area contributed by atoms with Gasteiger partial charge in [0.15, 0.2) is 5.82 Å². The number of aromatic nitrogens is 4. The zero-order valence-corrected chi connectivity index (χ0v) is 17.0. The number of aromatic amines is 1. The molecule has 5 nitrogen and oxygen atoms in total. The van der Waals surface area contributed by atoms with Gasteiger partial charge in [0.2, 0.25) is 0 Å². The Morgan fingerprint density at radius 2 is 1.79 bits per heavy atom. The number of halogens is 1. The van der Waals surface area contributed by atoms with E-state index in [1.807, 2.05) is 48.5 Å². The van der Waals surface area contributed by atoms with Gasteiger partial charge in [0.1, 0.15) is 11.5 Å². The van der Waals surface area contributed by atoms with Crippen LogP contribution in [-0.2, 0) is 6.54 Å². The van der Waals surface area contributed by atoms with Crippen LogP contribution in [0.15, 0.2) is 54.7 Å². The van der Waals surface area contributed by atoms with Gasteiger partial charge in [-0.2, -0.15) is 0 Å². The first kappa shape index (κ1) is 18.4. The Hall–Kier alpha value is -2.63. The Labute approximate surface area is 175 Å². The minimum absolute atomic E-state index is 0.578. The van der Waals surface area contributed by atoms with Gasteiger partial charge < -0.3 is 14.9 Å². The van der Waals surface area contributed by atoms with Crippen LogP contribution in [-0.4, -0.2) is 25.6 Å². The van der Waals surface area contributed by atoms with E-state index in [0.717, 1.165) is 45.6 Å². The second-order valence-electron chi connectivity index (χ2n) is 7.71. The molecule has 2 aromatic heterocycles. The number of fused-ring (bicyclic) bond motifs is 1. The van der Waals surface area contributed by atoms with Crippen LogP contribution in [0, 0.1) is 0 Å². The molecule has 2 heterocycles. The fraction of sp³-hybridized carbons (Fsp3) is 0.304. The quantitative estimate of drug-likeness (QED) is 0.461. The lowest BCUT2D eigenvalue weighted by molar-refractivity contribution is 0.368. The molecule has 0 atom stereocenters. The van der Waals surface area contributed by atoms with E-state index in [9.17, 15) is 0 Å². The summed E-state index contributed by atoms with van der Waals surface area (Å²) in [5.41, 5.74) is 3.86. The average Bonchev–Trinajstić information content (AvgIpc) is 3.38. The first-order valence-corrected chi connectivity index (χ1v) is 10.7. The first-order chi connectivity index (χ1) is 14.3. The van der Waals surface area contributed by atoms with Crippen molar-refractivity contribution in [3.8, 4) is 17.2 Å². The van der Waals surface area contributed by atoms with Crippen LogP contribution >= 0.6 is 11.6 Å². The molecule has 0 spiro atoms. The maximum Gasteiger partial charge on any atom is 0.158 e. The molecule has 1 saturated carbocycles. The third-order valence-electron chi connectivity index (χ3n) is 5.67. The highest BCUT2D eigenvalue weighted by Gasteiger charge is 2.17. The zero-order valence-electron chi connectivity index (χ0n) is 16.2. The lowest BCUT2D eigenvalue weighted by Gasteiger charge is -2.22. The van der Waals surface area contributed by atoms with Gasteiger partial charge in [0, 0.05) is 22.9 Å². The van der Waals surface area contributed by atoms with Crippen molar-refractivity contribution >= 4 is 22.6 Å². The van der Waals surface area contributed by atoms with Crippen LogP contribution in [0.4, 0.5) is 0 Å². The van der Waals surface area contributed by atoms with Crippen molar-refractivity contribution < 1.29 is 0 Å². The van der Waals surface area contributed by atoms with E-state index in [1.165, 1.54) is 32.1 Å². The van der Waals surface area contributed by atoms with E-state index in [2.05, 4.69) is 21.1 Å². The Bertz CT molecular complexity index is 1070. The minimum Gasteiger partial charge on any atom is -0.337 e. The number of rotatable bonds is 5. The molecular weight excluding hydrogens is 382 g/mol. The van der Waals surface area contributed by atoms with Crippen molar-refractivity contribution in [1.82, 2.24) is 24.8 Å². The van der Waals surface area contributed by atoms with Crippen molar-refractivity contribution in [1.29, 1.82) is 0 Å². The number of nitrogens with zero attached hydrogens (tertiary/aromatic N) is 3. The van der Waals surface area contributed by atoms with E-state index in [-0.39, 0.29) is 0 Å². The molecule has 0 saturated heterocycles. The van der Waals surface area contributed by atoms with Crippen molar-refractivity contribution in [2.75, 3.05) is 0 Å². The Kier molecular flexibility index (Phi) is 5.08. The second kappa shape index (κ2) is 8.01. The molecule has 5 rings (SSSR count). The summed E-state index contributed by atoms with van der Waals surface area (Å²) in [6.45, 7) is 0.730. The molecule has 1 aliphatic carbocycles. The van der Waals surface area contributed by atoms with Crippen LogP contribution in [0.5, 0.6) is 0 Å². The van der Waals surface area contributed by atoms with Gasteiger partial charge >= 0.3 is 0 Å². The number of para-hydroxylation sites is 2. The van der Waals surface area contributed by atoms with Crippen molar-refractivity contribution in [3.63, 3.8) is 0 Å². The standard InChI is InChI=1S/C23H24ClN5/c24-16-10-12-18(13-11-16)29-15-21(23-27-19-8-4-5-9-20(19)28-23)26-22(29)14-25-17-6-2-1-3-7-17/h4-5,8-13,15,17,25H,1-3,6-7,14H2,(H,27,28). The molecule has 148 valence electrons. The summed E-state index contributed by atoms with van der Waals surface area (Å²) in [5.74, 6) is 1.77. The predicted octanol–water partition coefficient (Wildman–Crippen LogP) is 5.49. The molecule has 0 aliphatic heterocycles. The fourth-order valence-corrected chi connectivity index (χ4v) is 4.23. The molecule has 0 amide bonds. The van der Waals surface area contributed by atoms with E-state index in [1.54, 1.807) is 0 Å². The van der Waals surface area contributed by atoms with Crippen LogP contribution in [0.25, 0.3) is 28.2 Å². The zero-order chi connectivity index (χ0) is 19.6. The lowest BCUT2D eigenvalue weighted by Crippen LogP contribution is -2.31. The first-order valence-electron chi connectivity index (χ1n) is 10.3. The average molecular weight is 406 g/mol. The molecule has 6 heteroatoms. The van der Waals surface area contributed by atoms with Crippen molar-refractivity contribution in [2.45, 2.75) is 44.7 Å². The van der Waals surface area contributed by atoms with Crippen molar-refractivity contribution in [3.05, 3.63) is 65.6 Å². The van der Waals surface area contributed by atoms with Gasteiger partial charge in [-0.3, -0.25) is 0 Å². The summed E-state index contributed by atoms with van der Waals surface area (Å²) in [4.78, 5) is 13.0. The second-order valence-corrected chi connectivity index (χ2v) is 8.14. The summed E-state index contributed by atoms with van der Waals surface area (Å²) in [7, 11) is 0. The van der Waals surface area contributed by atoms with E-state index in [4.69, 9.17) is 21.6 Å². The van der Waals surface area contributed by atoms with Gasteiger partial charge in [-0.15, -0.1) is 0 Å². The Balaban J connectivity index is 1.49. The number of benzene rings is 2. The lowest BCUT2D eigenvalue weighted by atomic mass is 9.95. The molecule has 0 radical (unpaired) electrons. The molecule has 0 unspecified atom stereocenters. The summed E-state index contributed by atoms with van der Waals surface area (Å²) in [6, 6.07) is 16.5. The maximum absolute atomic E-state index is 6.10. The van der Waals surface area contributed by atoms with Gasteiger partial charge in [-0.05, 0) is 49.2 Å². The summed E-state index contributed by atoms with van der Waals surface area (Å²) in [6.07, 6.45) is 8.53. The maximum atomic E-state index is 6.10. The molecular formula is C23H24ClN5. The number of hydrogen-bond donors (Lipinski definition) is 2. The highest BCUT2D eigenvalue weighted by Crippen LogP contribution is 2.24. The third-order valence-corrected chi connectivity index (χ3v) is 5.92. The monoisotopic (exact) mass is 405 g/mol. The largest absolute Gasteiger partial charge is 0.337 e. The Morgan fingerprint density at radius 1 is 1.00 bits per heavy atom. The van der Waals surface area contributed by atoms with E-state index < -0.39 is 0 Å². The predicted molar refractivity (Wildman–Crippen MR) is 117 cm³/mol. The van der Waals surface area contributed by atoms with Crippen LogP contribution in [0.1, 0.15) is 37.9 Å². The number of H-pyrrole nitrogens is 1. The molecule has 0 bridgehead atoms. The topological polar surface area (TPSA) is 58.5 Å². The SMILES string of the molecule is Clc1ccc(-n2cc(-c3nc4ccccc4[nH]3)nc2CNC2CCCCC2)cc1. The van der Waals surface area contributed by atoms with Crippen LogP contribution in [0.2, 0.25) is 5.02 Å². The smallest absolute Gasteiger partial charge is 0.158 e. The normalized spacial score (nSPS) is 15.2. The molecule has 2 N–H and O–H groups in total. The summed E-state index contributed by atoms with van der Waals surface area (Å²) >= 11 is 6.10. The highest BCUT2D eigenvalue weighted by molar-refractivity contribution is 6.30. The van der Waals surface area contributed by atoms with Crippen LogP contribution < -0.4 is 5.32 Å². The fourth-order valence-electron chi connectivity index (χ4n) is 4.10. The Morgan fingerprint density at radius 3 is 2.59 bits per heavy atom. The van der Waals surface area contributed by atoms with Gasteiger partial charge in [-0.25, -0.2) is 9.97 Å². The van der Waals surface area contributed by atoms with Gasteiger partial charge in [-0.1, -0.05) is 43.0 Å². The number of hydrogen-bond acceptors (Lipinski definition) is 3. The molecule has 4 aromatic rings. The third kappa shape index (κ3) is 3.93. The molecule has 2 aromatic carbocycles. The number of imidazole rings is 2. The molecule has 1 fully saturated rings. The van der Waals surface area contributed by atoms with Gasteiger partial charge in [0.05, 0.1) is 17.6 Å². The van der Waals surface area contributed by atoms with Crippen molar-refractivity contribution in [2.24, 2.45) is 0 Å². The van der Waals surface area contributed by atoms with E-state index in [0.29, 0.717) is 6.04 Å². The number of nitrogens with one attached hydrogen (secondary N) is 2. The summed E-state index contributed by atoms with van der Waals surface area (Å²) in [5, 5.41) is 4.44. The van der Waals surface area contributed by atoms with E-state index >= 15 is 0 Å². The van der Waals surface area contributed by atoms with Crippen LogP contribution in [0.3, 0.4) is 0 Å². The molecule has 29 heavy (non-hydrogen) atoms. The van der Waals surface area contributed by atoms with Gasteiger partial charge in [0.25, 0.3) is 0 Å². The highest BCUT2D eigenvalue weighted by atomic mass is 35.5. The molecule has 1 aliphatic rings. The summed E-state index contributed by atoms with van der Waals surface area (Å²) < 4.78 is 2.13.